The van der Waals surface area contributed by atoms with Gasteiger partial charge in [-0.05, 0) is 35.4 Å². The Morgan fingerprint density at radius 3 is 2.81 bits per heavy atom. The van der Waals surface area contributed by atoms with E-state index in [1.807, 2.05) is 48.7 Å². The fourth-order valence-corrected chi connectivity index (χ4v) is 4.89. The number of carbonyl (C=O) groups excluding carboxylic acids is 2. The van der Waals surface area contributed by atoms with Gasteiger partial charge in [0.25, 0.3) is 5.24 Å². The Morgan fingerprint density at radius 2 is 2.00 bits per heavy atom. The van der Waals surface area contributed by atoms with Crippen molar-refractivity contribution in [2.75, 3.05) is 6.79 Å². The van der Waals surface area contributed by atoms with Crippen molar-refractivity contribution in [3.8, 4) is 11.5 Å². The summed E-state index contributed by atoms with van der Waals surface area (Å²) < 4.78 is 12.9. The lowest BCUT2D eigenvalue weighted by atomic mass is 10.1. The molecule has 2 aliphatic rings. The van der Waals surface area contributed by atoms with Crippen LogP contribution in [0.1, 0.15) is 16.4 Å². The number of carbonyl (C=O) groups is 2. The SMILES string of the molecule is C=S1C(=O)NC(=O)C1c1cccc2c1ccn2Cc1ccc2c(c1)OCO2. The first-order valence-electron chi connectivity index (χ1n) is 8.46. The molecule has 2 aromatic carbocycles. The summed E-state index contributed by atoms with van der Waals surface area (Å²) in [4.78, 5) is 24.1. The average molecular weight is 380 g/mol. The van der Waals surface area contributed by atoms with Crippen molar-refractivity contribution >= 4 is 38.4 Å². The minimum absolute atomic E-state index is 0.254. The zero-order chi connectivity index (χ0) is 18.5. The minimum atomic E-state index is -0.910. The fraction of sp³-hybridized carbons (Fsp3) is 0.150. The van der Waals surface area contributed by atoms with Crippen LogP contribution in [0.3, 0.4) is 0 Å². The van der Waals surface area contributed by atoms with Gasteiger partial charge in [-0.2, -0.15) is 0 Å². The molecule has 2 amide bonds. The highest BCUT2D eigenvalue weighted by atomic mass is 32.2. The second kappa shape index (κ2) is 5.99. The number of rotatable bonds is 3. The molecule has 0 radical (unpaired) electrons. The Hall–Kier alpha value is -3.06. The van der Waals surface area contributed by atoms with E-state index < -0.39 is 15.7 Å². The third kappa shape index (κ3) is 2.54. The number of nitrogens with zero attached hydrogens (tertiary/aromatic N) is 1. The Bertz CT molecular complexity index is 1130. The Balaban J connectivity index is 1.53. The summed E-state index contributed by atoms with van der Waals surface area (Å²) in [6, 6.07) is 13.7. The lowest BCUT2D eigenvalue weighted by Crippen LogP contribution is -2.20. The van der Waals surface area contributed by atoms with Crippen molar-refractivity contribution in [1.82, 2.24) is 9.88 Å². The van der Waals surface area contributed by atoms with E-state index in [2.05, 4.69) is 15.8 Å². The second-order valence-corrected chi connectivity index (χ2v) is 8.20. The van der Waals surface area contributed by atoms with Gasteiger partial charge in [-0.3, -0.25) is 14.9 Å². The maximum absolute atomic E-state index is 12.2. The van der Waals surface area contributed by atoms with E-state index in [1.54, 1.807) is 0 Å². The normalized spacial score (nSPS) is 21.0. The molecule has 1 aromatic heterocycles. The smallest absolute Gasteiger partial charge is 0.280 e. The molecule has 3 heterocycles. The number of hydrogen-bond donors (Lipinski definition) is 1. The molecule has 2 unspecified atom stereocenters. The maximum atomic E-state index is 12.2. The van der Waals surface area contributed by atoms with Crippen molar-refractivity contribution in [2.24, 2.45) is 0 Å². The molecule has 1 fully saturated rings. The molecule has 0 saturated carbocycles. The molecule has 6 nitrogen and oxygen atoms in total. The Morgan fingerprint density at radius 1 is 1.15 bits per heavy atom. The first-order valence-corrected chi connectivity index (χ1v) is 9.91. The van der Waals surface area contributed by atoms with Gasteiger partial charge < -0.3 is 14.0 Å². The zero-order valence-corrected chi connectivity index (χ0v) is 15.1. The summed E-state index contributed by atoms with van der Waals surface area (Å²) in [5, 5.41) is 2.54. The van der Waals surface area contributed by atoms with E-state index in [1.165, 1.54) is 0 Å². The second-order valence-electron chi connectivity index (χ2n) is 6.50. The van der Waals surface area contributed by atoms with Crippen LogP contribution in [0.25, 0.3) is 10.9 Å². The van der Waals surface area contributed by atoms with Crippen LogP contribution >= 0.6 is 10.5 Å². The standard InChI is InChI=1S/C20H16N2O4S/c1-27-18(19(23)21-20(27)24)14-3-2-4-15-13(14)7-8-22(15)10-12-5-6-16-17(9-12)26-11-25-16/h2-9,18H,1,10-11H2,(H,21,23,24). The predicted molar refractivity (Wildman–Crippen MR) is 105 cm³/mol. The number of nitrogens with one attached hydrogen (secondary N) is 1. The Kier molecular flexibility index (Phi) is 3.58. The molecule has 0 spiro atoms. The first kappa shape index (κ1) is 16.1. The number of fused-ring (bicyclic) bond motifs is 2. The molecule has 2 atom stereocenters. The summed E-state index contributed by atoms with van der Waals surface area (Å²) in [6.45, 7) is 0.916. The number of ether oxygens (including phenoxy) is 2. The highest BCUT2D eigenvalue weighted by Crippen LogP contribution is 2.42. The van der Waals surface area contributed by atoms with Crippen LogP contribution in [0.5, 0.6) is 11.5 Å². The molecule has 5 rings (SSSR count). The largest absolute Gasteiger partial charge is 0.454 e. The molecule has 136 valence electrons. The topological polar surface area (TPSA) is 69.6 Å². The third-order valence-corrected chi connectivity index (χ3v) is 6.52. The molecule has 27 heavy (non-hydrogen) atoms. The van der Waals surface area contributed by atoms with Crippen LogP contribution in [0.2, 0.25) is 0 Å². The monoisotopic (exact) mass is 380 g/mol. The number of benzene rings is 2. The molecule has 1 N–H and O–H groups in total. The van der Waals surface area contributed by atoms with Crippen molar-refractivity contribution in [1.29, 1.82) is 0 Å². The number of hydrogen-bond acceptors (Lipinski definition) is 4. The van der Waals surface area contributed by atoms with Gasteiger partial charge in [-0.15, -0.1) is 0 Å². The van der Waals surface area contributed by atoms with E-state index in [0.29, 0.717) is 6.54 Å². The van der Waals surface area contributed by atoms with Gasteiger partial charge in [0.1, 0.15) is 5.25 Å². The van der Waals surface area contributed by atoms with E-state index in [-0.39, 0.29) is 17.9 Å². The molecular formula is C20H16N2O4S. The average Bonchev–Trinajstić information content (AvgIpc) is 3.34. The van der Waals surface area contributed by atoms with Crippen molar-refractivity contribution in [2.45, 2.75) is 11.8 Å². The van der Waals surface area contributed by atoms with Gasteiger partial charge >= 0.3 is 0 Å². The quantitative estimate of drug-likeness (QED) is 0.707. The number of aromatic nitrogens is 1. The Labute approximate surface area is 157 Å². The highest BCUT2D eigenvalue weighted by molar-refractivity contribution is 8.28. The number of imide groups is 1. The first-order chi connectivity index (χ1) is 13.1. The summed E-state index contributed by atoms with van der Waals surface area (Å²) >= 11 is 0. The highest BCUT2D eigenvalue weighted by Gasteiger charge is 2.36. The maximum Gasteiger partial charge on any atom is 0.280 e. The van der Waals surface area contributed by atoms with Gasteiger partial charge in [0.15, 0.2) is 11.5 Å². The van der Waals surface area contributed by atoms with Crippen LogP contribution in [0.15, 0.2) is 48.7 Å². The lowest BCUT2D eigenvalue weighted by molar-refractivity contribution is -0.119. The molecule has 3 aromatic rings. The van der Waals surface area contributed by atoms with Crippen LogP contribution in [-0.4, -0.2) is 28.4 Å². The van der Waals surface area contributed by atoms with Gasteiger partial charge in [-0.1, -0.05) is 34.6 Å². The number of amides is 2. The van der Waals surface area contributed by atoms with Crippen molar-refractivity contribution < 1.29 is 19.1 Å². The fourth-order valence-electron chi connectivity index (χ4n) is 3.61. The lowest BCUT2D eigenvalue weighted by Gasteiger charge is -2.12. The van der Waals surface area contributed by atoms with Crippen molar-refractivity contribution in [3.05, 3.63) is 59.8 Å². The van der Waals surface area contributed by atoms with Crippen LogP contribution in [-0.2, 0) is 11.3 Å². The molecule has 0 bridgehead atoms. The van der Waals surface area contributed by atoms with Gasteiger partial charge in [0.05, 0.1) is 0 Å². The van der Waals surface area contributed by atoms with Crippen molar-refractivity contribution in [3.63, 3.8) is 0 Å². The summed E-state index contributed by atoms with van der Waals surface area (Å²) in [5.41, 5.74) is 2.95. The van der Waals surface area contributed by atoms with Gasteiger partial charge in [0, 0.05) is 23.6 Å². The molecule has 2 aliphatic heterocycles. The van der Waals surface area contributed by atoms with E-state index in [0.717, 1.165) is 33.5 Å². The van der Waals surface area contributed by atoms with Gasteiger partial charge in [0.2, 0.25) is 12.7 Å². The molecule has 0 aliphatic carbocycles. The molecule has 1 saturated heterocycles. The van der Waals surface area contributed by atoms with Crippen LogP contribution < -0.4 is 14.8 Å². The van der Waals surface area contributed by atoms with E-state index in [9.17, 15) is 9.59 Å². The summed E-state index contributed by atoms with van der Waals surface area (Å²) in [5.74, 6) is 5.15. The van der Waals surface area contributed by atoms with Crippen LogP contribution in [0.4, 0.5) is 4.79 Å². The van der Waals surface area contributed by atoms with E-state index >= 15 is 0 Å². The minimum Gasteiger partial charge on any atom is -0.454 e. The third-order valence-electron chi connectivity index (χ3n) is 4.91. The zero-order valence-electron chi connectivity index (χ0n) is 14.3. The molecular weight excluding hydrogens is 364 g/mol. The predicted octanol–water partition coefficient (Wildman–Crippen LogP) is 3.41. The summed E-state index contributed by atoms with van der Waals surface area (Å²) in [6.07, 6.45) is 1.99. The van der Waals surface area contributed by atoms with Crippen LogP contribution in [0, 0.1) is 0 Å². The van der Waals surface area contributed by atoms with E-state index in [4.69, 9.17) is 9.47 Å². The molecule has 7 heteroatoms. The summed E-state index contributed by atoms with van der Waals surface area (Å²) in [7, 11) is -0.910. The van der Waals surface area contributed by atoms with Gasteiger partial charge in [-0.25, -0.2) is 0 Å².